The van der Waals surface area contributed by atoms with Gasteiger partial charge < -0.3 is 10.1 Å². The molecule has 0 spiro atoms. The number of alkyl halides is 3. The molecule has 0 bridgehead atoms. The molecule has 1 atom stereocenters. The van der Waals surface area contributed by atoms with Crippen LogP contribution >= 0.6 is 0 Å². The Morgan fingerprint density at radius 2 is 2.00 bits per heavy atom. The van der Waals surface area contributed by atoms with Gasteiger partial charge in [0.1, 0.15) is 5.75 Å². The van der Waals surface area contributed by atoms with Crippen molar-refractivity contribution in [3.63, 3.8) is 0 Å². The molecule has 0 aliphatic carbocycles. The molecule has 1 N–H and O–H groups in total. The van der Waals surface area contributed by atoms with E-state index in [1.807, 2.05) is 39.0 Å². The summed E-state index contributed by atoms with van der Waals surface area (Å²) in [5.74, 6) is 0.746. The fraction of sp³-hybridized carbons (Fsp3) is 0.600. The summed E-state index contributed by atoms with van der Waals surface area (Å²) in [5, 5.41) is 3.22. The number of nitrogens with one attached hydrogen (secondary N) is 1. The number of ether oxygens (including phenoxy) is 1. The third kappa shape index (κ3) is 6.17. The van der Waals surface area contributed by atoms with Crippen LogP contribution in [0.3, 0.4) is 0 Å². The van der Waals surface area contributed by atoms with Crippen LogP contribution in [0.15, 0.2) is 18.2 Å². The van der Waals surface area contributed by atoms with Crippen LogP contribution in [0, 0.1) is 6.92 Å². The van der Waals surface area contributed by atoms with Crippen molar-refractivity contribution in [2.45, 2.75) is 52.3 Å². The van der Waals surface area contributed by atoms with E-state index in [2.05, 4.69) is 5.32 Å². The van der Waals surface area contributed by atoms with E-state index in [1.54, 1.807) is 0 Å². The van der Waals surface area contributed by atoms with Crippen LogP contribution < -0.4 is 10.1 Å². The molecule has 0 heterocycles. The van der Waals surface area contributed by atoms with Gasteiger partial charge in [-0.15, -0.1) is 0 Å². The molecule has 1 aromatic rings. The Bertz CT molecular complexity index is 418. The molecule has 0 amide bonds. The van der Waals surface area contributed by atoms with Crippen molar-refractivity contribution in [1.82, 2.24) is 0 Å². The van der Waals surface area contributed by atoms with E-state index in [9.17, 15) is 13.2 Å². The molecule has 0 fully saturated rings. The highest BCUT2D eigenvalue weighted by atomic mass is 19.4. The number of halogens is 3. The summed E-state index contributed by atoms with van der Waals surface area (Å²) >= 11 is 0. The maximum Gasteiger partial charge on any atom is 0.389 e. The normalized spacial score (nSPS) is 13.1. The first-order valence-corrected chi connectivity index (χ1v) is 6.88. The number of hydrogen-bond acceptors (Lipinski definition) is 2. The molecule has 0 aliphatic heterocycles. The summed E-state index contributed by atoms with van der Waals surface area (Å²) < 4.78 is 41.8. The van der Waals surface area contributed by atoms with E-state index in [1.165, 1.54) is 0 Å². The lowest BCUT2D eigenvalue weighted by Gasteiger charge is -2.19. The molecule has 1 rings (SSSR count). The van der Waals surface area contributed by atoms with Crippen molar-refractivity contribution in [2.24, 2.45) is 0 Å². The van der Waals surface area contributed by atoms with Crippen LogP contribution in [0.2, 0.25) is 0 Å². The largest absolute Gasteiger partial charge is 0.492 e. The third-order valence-corrected chi connectivity index (χ3v) is 2.94. The Morgan fingerprint density at radius 1 is 1.30 bits per heavy atom. The van der Waals surface area contributed by atoms with E-state index in [0.717, 1.165) is 17.0 Å². The summed E-state index contributed by atoms with van der Waals surface area (Å²) in [5.41, 5.74) is 1.92. The number of rotatable bonds is 7. The topological polar surface area (TPSA) is 21.3 Å². The van der Waals surface area contributed by atoms with Gasteiger partial charge in [-0.05, 0) is 51.3 Å². The summed E-state index contributed by atoms with van der Waals surface area (Å²) in [7, 11) is 0. The number of aryl methyl sites for hydroxylation is 1. The third-order valence-electron chi connectivity index (χ3n) is 2.94. The van der Waals surface area contributed by atoms with Crippen molar-refractivity contribution >= 4 is 5.69 Å². The van der Waals surface area contributed by atoms with Gasteiger partial charge in [0.25, 0.3) is 0 Å². The lowest BCUT2D eigenvalue weighted by Crippen LogP contribution is -2.17. The minimum atomic E-state index is -4.07. The minimum Gasteiger partial charge on any atom is -0.492 e. The Labute approximate surface area is 118 Å². The van der Waals surface area contributed by atoms with Crippen molar-refractivity contribution in [3.05, 3.63) is 23.8 Å². The molecular formula is C15H22F3NO. The van der Waals surface area contributed by atoms with Gasteiger partial charge in [0, 0.05) is 12.5 Å². The van der Waals surface area contributed by atoms with E-state index >= 15 is 0 Å². The average Bonchev–Trinajstić information content (AvgIpc) is 2.31. The maximum atomic E-state index is 12.1. The molecule has 0 radical (unpaired) electrons. The second-order valence-electron chi connectivity index (χ2n) is 4.99. The summed E-state index contributed by atoms with van der Waals surface area (Å²) in [6.45, 7) is 6.31. The second kappa shape index (κ2) is 7.41. The average molecular weight is 289 g/mol. The molecule has 0 saturated heterocycles. The van der Waals surface area contributed by atoms with Gasteiger partial charge in [-0.1, -0.05) is 6.07 Å². The quantitative estimate of drug-likeness (QED) is 0.768. The highest BCUT2D eigenvalue weighted by Crippen LogP contribution is 2.28. The lowest BCUT2D eigenvalue weighted by atomic mass is 10.1. The van der Waals surface area contributed by atoms with Crippen LogP contribution in [0.4, 0.5) is 18.9 Å². The standard InChI is InChI=1S/C15H22F3NO/c1-4-20-14-10-11(2)7-8-13(14)19-12(3)6-5-9-15(16,17)18/h7-8,10,12,19H,4-6,9H2,1-3H3. The predicted octanol–water partition coefficient (Wildman–Crippen LogP) is 4.93. The summed E-state index contributed by atoms with van der Waals surface area (Å²) in [6, 6.07) is 5.75. The molecular weight excluding hydrogens is 267 g/mol. The van der Waals surface area contributed by atoms with E-state index in [0.29, 0.717) is 13.0 Å². The van der Waals surface area contributed by atoms with Gasteiger partial charge in [0.15, 0.2) is 0 Å². The van der Waals surface area contributed by atoms with Gasteiger partial charge in [0.05, 0.1) is 12.3 Å². The van der Waals surface area contributed by atoms with Crippen LogP contribution in [-0.4, -0.2) is 18.8 Å². The summed E-state index contributed by atoms with van der Waals surface area (Å²) in [4.78, 5) is 0. The molecule has 1 aromatic carbocycles. The van der Waals surface area contributed by atoms with E-state index in [-0.39, 0.29) is 12.5 Å². The first-order chi connectivity index (χ1) is 9.31. The first kappa shape index (κ1) is 16.7. The molecule has 20 heavy (non-hydrogen) atoms. The highest BCUT2D eigenvalue weighted by Gasteiger charge is 2.26. The first-order valence-electron chi connectivity index (χ1n) is 6.88. The predicted molar refractivity (Wildman–Crippen MR) is 75.3 cm³/mol. The van der Waals surface area contributed by atoms with E-state index in [4.69, 9.17) is 4.74 Å². The Morgan fingerprint density at radius 3 is 2.60 bits per heavy atom. The zero-order valence-electron chi connectivity index (χ0n) is 12.2. The Kier molecular flexibility index (Phi) is 6.17. The Balaban J connectivity index is 2.54. The SMILES string of the molecule is CCOc1cc(C)ccc1NC(C)CCCC(F)(F)F. The number of benzene rings is 1. The Hall–Kier alpha value is -1.39. The lowest BCUT2D eigenvalue weighted by molar-refractivity contribution is -0.135. The molecule has 0 aromatic heterocycles. The number of anilines is 1. The van der Waals surface area contributed by atoms with Gasteiger partial charge in [-0.3, -0.25) is 0 Å². The molecule has 0 aliphatic rings. The van der Waals surface area contributed by atoms with E-state index < -0.39 is 12.6 Å². The minimum absolute atomic E-state index is 0.0285. The molecule has 5 heteroatoms. The summed E-state index contributed by atoms with van der Waals surface area (Å²) in [6.07, 6.45) is -4.20. The molecule has 0 saturated carbocycles. The van der Waals surface area contributed by atoms with Crippen LogP contribution in [0.25, 0.3) is 0 Å². The van der Waals surface area contributed by atoms with Crippen LogP contribution in [0.1, 0.15) is 38.7 Å². The fourth-order valence-corrected chi connectivity index (χ4v) is 1.97. The smallest absolute Gasteiger partial charge is 0.389 e. The molecule has 114 valence electrons. The van der Waals surface area contributed by atoms with Crippen molar-refractivity contribution in [1.29, 1.82) is 0 Å². The van der Waals surface area contributed by atoms with Crippen LogP contribution in [0.5, 0.6) is 5.75 Å². The van der Waals surface area contributed by atoms with Gasteiger partial charge in [-0.25, -0.2) is 0 Å². The number of hydrogen-bond donors (Lipinski definition) is 1. The maximum absolute atomic E-state index is 12.1. The zero-order valence-corrected chi connectivity index (χ0v) is 12.2. The fourth-order valence-electron chi connectivity index (χ4n) is 1.97. The van der Waals surface area contributed by atoms with Crippen LogP contribution in [-0.2, 0) is 0 Å². The monoisotopic (exact) mass is 289 g/mol. The second-order valence-corrected chi connectivity index (χ2v) is 4.99. The van der Waals surface area contributed by atoms with Gasteiger partial charge in [-0.2, -0.15) is 13.2 Å². The van der Waals surface area contributed by atoms with Gasteiger partial charge in [0.2, 0.25) is 0 Å². The molecule has 1 unspecified atom stereocenters. The zero-order chi connectivity index (χ0) is 15.2. The molecule has 2 nitrogen and oxygen atoms in total. The van der Waals surface area contributed by atoms with Crippen molar-refractivity contribution < 1.29 is 17.9 Å². The van der Waals surface area contributed by atoms with Crippen molar-refractivity contribution in [3.8, 4) is 5.75 Å². The van der Waals surface area contributed by atoms with Gasteiger partial charge >= 0.3 is 6.18 Å². The van der Waals surface area contributed by atoms with Crippen molar-refractivity contribution in [2.75, 3.05) is 11.9 Å². The highest BCUT2D eigenvalue weighted by molar-refractivity contribution is 5.58.